The van der Waals surface area contributed by atoms with Crippen molar-refractivity contribution < 1.29 is 38.0 Å². The molecule has 0 N–H and O–H groups in total. The smallest absolute Gasteiger partial charge is 0.193 e. The van der Waals surface area contributed by atoms with Crippen molar-refractivity contribution in [3.63, 3.8) is 0 Å². The molecule has 0 radical (unpaired) electrons. The predicted octanol–water partition coefficient (Wildman–Crippen LogP) is 8.31. The van der Waals surface area contributed by atoms with Crippen LogP contribution in [0.4, 0.5) is 0 Å². The minimum absolute atomic E-state index is 0.0559. The topological polar surface area (TPSA) is 81.7 Å². The molecule has 8 heteroatoms. The van der Waals surface area contributed by atoms with Crippen LogP contribution in [0.15, 0.2) is 24.3 Å². The minimum atomic E-state index is -0.353. The van der Waals surface area contributed by atoms with Crippen molar-refractivity contribution in [3.8, 4) is 40.2 Å². The summed E-state index contributed by atoms with van der Waals surface area (Å²) in [6.07, 6.45) is 2.15. The van der Waals surface area contributed by atoms with Gasteiger partial charge in [0.05, 0.1) is 43.7 Å². The maximum absolute atomic E-state index is 14.2. The summed E-state index contributed by atoms with van der Waals surface area (Å²) in [4.78, 5) is 14.2. The number of ketones is 1. The van der Waals surface area contributed by atoms with Crippen molar-refractivity contribution in [1.29, 1.82) is 0 Å². The molecular weight excluding hydrogens is 536 g/mol. The molecular formula is C34H50O8. The second-order valence-electron chi connectivity index (χ2n) is 11.6. The van der Waals surface area contributed by atoms with Crippen LogP contribution in [-0.2, 0) is 0 Å². The van der Waals surface area contributed by atoms with E-state index in [1.807, 2.05) is 89.2 Å². The molecule has 2 aromatic carbocycles. The fourth-order valence-electron chi connectivity index (χ4n) is 4.04. The summed E-state index contributed by atoms with van der Waals surface area (Å²) in [7, 11) is 1.57. The lowest BCUT2D eigenvalue weighted by molar-refractivity contribution is 0.102. The van der Waals surface area contributed by atoms with Crippen molar-refractivity contribution in [2.75, 3.05) is 7.11 Å². The van der Waals surface area contributed by atoms with Gasteiger partial charge in [-0.1, -0.05) is 0 Å². The Labute approximate surface area is 252 Å². The van der Waals surface area contributed by atoms with Gasteiger partial charge in [0.2, 0.25) is 0 Å². The molecule has 0 amide bonds. The van der Waals surface area contributed by atoms with Gasteiger partial charge in [0.15, 0.2) is 40.3 Å². The van der Waals surface area contributed by atoms with Crippen molar-refractivity contribution in [2.45, 2.75) is 120 Å². The van der Waals surface area contributed by atoms with Gasteiger partial charge in [0, 0.05) is 17.7 Å². The maximum atomic E-state index is 14.2. The summed E-state index contributed by atoms with van der Waals surface area (Å²) in [6, 6.07) is 5.34. The molecule has 0 spiro atoms. The summed E-state index contributed by atoms with van der Waals surface area (Å²) in [5.74, 6) is 2.65. The Bertz CT molecular complexity index is 1170. The van der Waals surface area contributed by atoms with Gasteiger partial charge >= 0.3 is 0 Å². The van der Waals surface area contributed by atoms with Crippen LogP contribution in [0, 0.1) is 0 Å². The molecule has 2 aromatic rings. The molecule has 0 unspecified atom stereocenters. The van der Waals surface area contributed by atoms with Gasteiger partial charge in [-0.3, -0.25) is 4.79 Å². The van der Waals surface area contributed by atoms with Gasteiger partial charge in [-0.05, 0) is 101 Å². The first-order valence-electron chi connectivity index (χ1n) is 14.8. The van der Waals surface area contributed by atoms with Crippen LogP contribution in [0.25, 0.3) is 6.08 Å². The lowest BCUT2D eigenvalue weighted by Crippen LogP contribution is -2.18. The Morgan fingerprint density at radius 3 is 1.38 bits per heavy atom. The highest BCUT2D eigenvalue weighted by molar-refractivity contribution is 6.12. The minimum Gasteiger partial charge on any atom is -0.493 e. The van der Waals surface area contributed by atoms with Crippen molar-refractivity contribution in [2.24, 2.45) is 0 Å². The average molecular weight is 587 g/mol. The number of hydrogen-bond acceptors (Lipinski definition) is 8. The van der Waals surface area contributed by atoms with E-state index >= 15 is 0 Å². The summed E-state index contributed by atoms with van der Waals surface area (Å²) >= 11 is 0. The summed E-state index contributed by atoms with van der Waals surface area (Å²) < 4.78 is 42.4. The molecule has 0 aliphatic heterocycles. The highest BCUT2D eigenvalue weighted by Crippen LogP contribution is 2.47. The fourth-order valence-corrected chi connectivity index (χ4v) is 4.04. The van der Waals surface area contributed by atoms with Gasteiger partial charge in [0.1, 0.15) is 11.3 Å². The number of hydrogen-bond donors (Lipinski definition) is 0. The predicted molar refractivity (Wildman–Crippen MR) is 167 cm³/mol. The maximum Gasteiger partial charge on any atom is 0.193 e. The number of benzene rings is 2. The number of ether oxygens (including phenoxy) is 7. The Hall–Kier alpha value is -3.55. The van der Waals surface area contributed by atoms with Crippen LogP contribution in [0.3, 0.4) is 0 Å². The highest BCUT2D eigenvalue weighted by Gasteiger charge is 2.29. The van der Waals surface area contributed by atoms with Gasteiger partial charge < -0.3 is 33.2 Å². The van der Waals surface area contributed by atoms with Crippen LogP contribution in [-0.4, -0.2) is 49.5 Å². The first-order chi connectivity index (χ1) is 19.6. The SMILES string of the molecule is COc1cc(OC(C)C)cc(C=CC(=O)c2c(OC(C)C)c(OC(C)C)cc(OC(C)C)c2OC(C)C)c1OC(C)C. The zero-order valence-electron chi connectivity index (χ0n) is 27.6. The van der Waals surface area contributed by atoms with Gasteiger partial charge in [-0.2, -0.15) is 0 Å². The van der Waals surface area contributed by atoms with Crippen molar-refractivity contribution >= 4 is 11.9 Å². The molecule has 0 saturated carbocycles. The third kappa shape index (κ3) is 10.1. The average Bonchev–Trinajstić information content (AvgIpc) is 2.84. The molecule has 0 bridgehead atoms. The van der Waals surface area contributed by atoms with Crippen LogP contribution >= 0.6 is 0 Å². The third-order valence-corrected chi connectivity index (χ3v) is 5.26. The van der Waals surface area contributed by atoms with E-state index in [1.165, 1.54) is 6.08 Å². The largest absolute Gasteiger partial charge is 0.493 e. The monoisotopic (exact) mass is 586 g/mol. The first kappa shape index (κ1) is 34.7. The summed E-state index contributed by atoms with van der Waals surface area (Å²) in [6.45, 7) is 23.0. The highest BCUT2D eigenvalue weighted by atomic mass is 16.5. The van der Waals surface area contributed by atoms with Crippen LogP contribution < -0.4 is 33.2 Å². The van der Waals surface area contributed by atoms with E-state index in [9.17, 15) is 4.79 Å². The Kier molecular flexibility index (Phi) is 12.9. The molecule has 0 aromatic heterocycles. The normalized spacial score (nSPS) is 11.8. The molecule has 0 saturated heterocycles. The van der Waals surface area contributed by atoms with Crippen LogP contribution in [0.2, 0.25) is 0 Å². The molecule has 0 atom stereocenters. The Balaban J connectivity index is 2.85. The molecule has 0 fully saturated rings. The second-order valence-corrected chi connectivity index (χ2v) is 11.6. The van der Waals surface area contributed by atoms with E-state index in [2.05, 4.69) is 0 Å². The number of rotatable bonds is 16. The quantitative estimate of drug-likeness (QED) is 0.143. The van der Waals surface area contributed by atoms with E-state index in [-0.39, 0.29) is 48.0 Å². The van der Waals surface area contributed by atoms with Crippen molar-refractivity contribution in [3.05, 3.63) is 35.4 Å². The molecule has 42 heavy (non-hydrogen) atoms. The zero-order valence-corrected chi connectivity index (χ0v) is 27.6. The second kappa shape index (κ2) is 15.6. The van der Waals surface area contributed by atoms with Gasteiger partial charge in [-0.25, -0.2) is 0 Å². The van der Waals surface area contributed by atoms with Crippen molar-refractivity contribution in [1.82, 2.24) is 0 Å². The molecule has 234 valence electrons. The molecule has 0 aliphatic rings. The molecule has 0 heterocycles. The number of methoxy groups -OCH3 is 1. The molecule has 2 rings (SSSR count). The first-order valence-corrected chi connectivity index (χ1v) is 14.8. The van der Waals surface area contributed by atoms with E-state index in [4.69, 9.17) is 33.2 Å². The van der Waals surface area contributed by atoms with Gasteiger partial charge in [-0.15, -0.1) is 0 Å². The third-order valence-electron chi connectivity index (χ3n) is 5.26. The lowest BCUT2D eigenvalue weighted by Gasteiger charge is -2.25. The van der Waals surface area contributed by atoms with Crippen LogP contribution in [0.1, 0.15) is 99.0 Å². The van der Waals surface area contributed by atoms with E-state index in [1.54, 1.807) is 25.3 Å². The van der Waals surface area contributed by atoms with Crippen LogP contribution in [0.5, 0.6) is 40.2 Å². The number of carbonyl (C=O) groups is 1. The number of allylic oxidation sites excluding steroid dienone is 1. The molecule has 0 aliphatic carbocycles. The summed E-state index contributed by atoms with van der Waals surface area (Å²) in [5, 5.41) is 0. The Morgan fingerprint density at radius 1 is 0.548 bits per heavy atom. The Morgan fingerprint density at radius 2 is 0.976 bits per heavy atom. The molecule has 8 nitrogen and oxygen atoms in total. The summed E-state index contributed by atoms with van der Waals surface area (Å²) in [5.41, 5.74) is 0.841. The number of carbonyl (C=O) groups excluding carboxylic acids is 1. The van der Waals surface area contributed by atoms with E-state index in [0.717, 1.165) is 0 Å². The zero-order chi connectivity index (χ0) is 31.7. The van der Waals surface area contributed by atoms with E-state index < -0.39 is 0 Å². The lowest BCUT2D eigenvalue weighted by atomic mass is 10.0. The fraction of sp³-hybridized carbons (Fsp3) is 0.559. The standard InChI is InChI=1S/C34H50O8/c1-19(2)37-26-16-25(32(40-22(7)8)28(17-26)36-13)14-15-27(35)31-33(41-23(9)10)29(38-20(3)4)18-30(39-21(5)6)34(31)42-24(11)12/h14-24H,1-13H3. The van der Waals surface area contributed by atoms with Gasteiger partial charge in [0.25, 0.3) is 0 Å². The van der Waals surface area contributed by atoms with E-state index in [0.29, 0.717) is 45.8 Å².